The summed E-state index contributed by atoms with van der Waals surface area (Å²) in [4.78, 5) is 12.4. The van der Waals surface area contributed by atoms with Gasteiger partial charge in [-0.1, -0.05) is 26.7 Å². The van der Waals surface area contributed by atoms with Gasteiger partial charge in [-0.25, -0.2) is 0 Å². The number of carbonyl (C=O) groups is 1. The van der Waals surface area contributed by atoms with Gasteiger partial charge in [0.05, 0.1) is 0 Å². The Balaban J connectivity index is 1.66. The Morgan fingerprint density at radius 3 is 2.60 bits per heavy atom. The molecule has 0 aliphatic heterocycles. The van der Waals surface area contributed by atoms with Crippen LogP contribution < -0.4 is 0 Å². The zero-order valence-corrected chi connectivity index (χ0v) is 13.3. The van der Waals surface area contributed by atoms with Gasteiger partial charge in [0, 0.05) is 11.8 Å². The number of carbonyl (C=O) groups excluding carboxylic acids is 1. The van der Waals surface area contributed by atoms with Crippen molar-refractivity contribution in [3.05, 3.63) is 0 Å². The molecule has 20 heavy (non-hydrogen) atoms. The van der Waals surface area contributed by atoms with Crippen molar-refractivity contribution in [3.8, 4) is 0 Å². The van der Waals surface area contributed by atoms with Crippen LogP contribution >= 0.6 is 0 Å². The van der Waals surface area contributed by atoms with E-state index in [2.05, 4.69) is 13.8 Å². The number of rotatable bonds is 0. The van der Waals surface area contributed by atoms with Crippen LogP contribution in [0.5, 0.6) is 0 Å². The number of fused-ring (bicyclic) bond motifs is 5. The highest BCUT2D eigenvalue weighted by Gasteiger charge is 2.59. The molecule has 0 spiro atoms. The summed E-state index contributed by atoms with van der Waals surface area (Å²) >= 11 is 0. The maximum atomic E-state index is 12.4. The molecule has 0 unspecified atom stereocenters. The average Bonchev–Trinajstić information content (AvgIpc) is 2.74. The fourth-order valence-corrected chi connectivity index (χ4v) is 7.07. The molecule has 4 rings (SSSR count). The van der Waals surface area contributed by atoms with Crippen LogP contribution in [0.4, 0.5) is 0 Å². The SMILES string of the molecule is C[C@]12CCCC[C@H]1CC[C@H]1[C@H]2CC[C@]2(C)C(=O)CC[C@H]12. The van der Waals surface area contributed by atoms with Crippen LogP contribution in [0.15, 0.2) is 0 Å². The van der Waals surface area contributed by atoms with Gasteiger partial charge in [-0.3, -0.25) is 4.79 Å². The van der Waals surface area contributed by atoms with E-state index in [9.17, 15) is 4.79 Å². The van der Waals surface area contributed by atoms with Crippen LogP contribution in [0, 0.1) is 34.5 Å². The molecule has 0 saturated heterocycles. The van der Waals surface area contributed by atoms with Gasteiger partial charge < -0.3 is 0 Å². The summed E-state index contributed by atoms with van der Waals surface area (Å²) < 4.78 is 0. The Hall–Kier alpha value is -0.330. The Morgan fingerprint density at radius 2 is 1.75 bits per heavy atom. The molecular weight excluding hydrogens is 244 g/mol. The van der Waals surface area contributed by atoms with Crippen LogP contribution in [0.2, 0.25) is 0 Å². The third kappa shape index (κ3) is 1.58. The van der Waals surface area contributed by atoms with Crippen molar-refractivity contribution in [3.63, 3.8) is 0 Å². The molecule has 4 saturated carbocycles. The molecule has 1 heteroatoms. The lowest BCUT2D eigenvalue weighted by Gasteiger charge is -2.59. The van der Waals surface area contributed by atoms with Crippen molar-refractivity contribution in [1.29, 1.82) is 0 Å². The minimum atomic E-state index is 0.0685. The highest BCUT2D eigenvalue weighted by molar-refractivity contribution is 5.87. The summed E-state index contributed by atoms with van der Waals surface area (Å²) in [6.45, 7) is 4.92. The van der Waals surface area contributed by atoms with E-state index in [1.165, 1.54) is 57.8 Å². The first-order valence-corrected chi connectivity index (χ1v) is 9.09. The summed E-state index contributed by atoms with van der Waals surface area (Å²) in [5.74, 6) is 4.13. The van der Waals surface area contributed by atoms with E-state index in [1.54, 1.807) is 0 Å². The minimum absolute atomic E-state index is 0.0685. The highest BCUT2D eigenvalue weighted by Crippen LogP contribution is 2.65. The van der Waals surface area contributed by atoms with Crippen LogP contribution in [0.3, 0.4) is 0 Å². The summed E-state index contributed by atoms with van der Waals surface area (Å²) in [5, 5.41) is 0. The van der Waals surface area contributed by atoms with Crippen molar-refractivity contribution in [2.45, 2.75) is 78.1 Å². The Kier molecular flexibility index (Phi) is 2.89. The van der Waals surface area contributed by atoms with Crippen molar-refractivity contribution in [2.75, 3.05) is 0 Å². The van der Waals surface area contributed by atoms with E-state index in [4.69, 9.17) is 0 Å². The van der Waals surface area contributed by atoms with E-state index >= 15 is 0 Å². The normalized spacial score (nSPS) is 55.0. The number of Topliss-reactive ketones (excluding diaryl/α,β-unsaturated/α-hetero) is 1. The average molecular weight is 274 g/mol. The second kappa shape index (κ2) is 4.34. The van der Waals surface area contributed by atoms with Gasteiger partial charge in [-0.05, 0) is 74.0 Å². The monoisotopic (exact) mass is 274 g/mol. The van der Waals surface area contributed by atoms with Gasteiger partial charge in [0.1, 0.15) is 5.78 Å². The van der Waals surface area contributed by atoms with Crippen LogP contribution in [-0.4, -0.2) is 5.78 Å². The van der Waals surface area contributed by atoms with E-state index in [1.807, 2.05) is 0 Å². The van der Waals surface area contributed by atoms with Crippen molar-refractivity contribution < 1.29 is 4.79 Å². The quantitative estimate of drug-likeness (QED) is 0.608. The van der Waals surface area contributed by atoms with E-state index in [0.29, 0.717) is 11.2 Å². The molecule has 0 aromatic heterocycles. The maximum absolute atomic E-state index is 12.4. The van der Waals surface area contributed by atoms with Gasteiger partial charge in [-0.15, -0.1) is 0 Å². The maximum Gasteiger partial charge on any atom is 0.139 e. The third-order valence-corrected chi connectivity index (χ3v) is 8.29. The first kappa shape index (κ1) is 13.3. The van der Waals surface area contributed by atoms with Gasteiger partial charge in [0.15, 0.2) is 0 Å². The second-order valence-electron chi connectivity index (χ2n) is 8.82. The van der Waals surface area contributed by atoms with Crippen LogP contribution in [-0.2, 0) is 4.79 Å². The first-order chi connectivity index (χ1) is 9.56. The Bertz CT molecular complexity index is 427. The van der Waals surface area contributed by atoms with Gasteiger partial charge >= 0.3 is 0 Å². The fraction of sp³-hybridized carbons (Fsp3) is 0.947. The molecule has 0 aromatic carbocycles. The fourth-order valence-electron chi connectivity index (χ4n) is 7.07. The minimum Gasteiger partial charge on any atom is -0.299 e. The first-order valence-electron chi connectivity index (χ1n) is 9.09. The van der Waals surface area contributed by atoms with Crippen molar-refractivity contribution in [1.82, 2.24) is 0 Å². The van der Waals surface area contributed by atoms with Crippen molar-refractivity contribution in [2.24, 2.45) is 34.5 Å². The molecule has 0 N–H and O–H groups in total. The molecule has 4 aliphatic carbocycles. The summed E-state index contributed by atoms with van der Waals surface area (Å²) in [6.07, 6.45) is 13.4. The second-order valence-corrected chi connectivity index (χ2v) is 8.82. The standard InChI is InChI=1S/C19H30O/c1-18-11-4-3-5-13(18)6-7-14-15-8-9-17(20)19(15,2)12-10-16(14)18/h13-16H,3-12H2,1-2H3/t13-,14+,15+,16+,18-,19-/m0/s1. The lowest BCUT2D eigenvalue weighted by atomic mass is 9.45. The topological polar surface area (TPSA) is 17.1 Å². The molecular formula is C19H30O. The van der Waals surface area contributed by atoms with Gasteiger partial charge in [-0.2, -0.15) is 0 Å². The molecule has 0 heterocycles. The van der Waals surface area contributed by atoms with Gasteiger partial charge in [0.2, 0.25) is 0 Å². The molecule has 0 aromatic rings. The summed E-state index contributed by atoms with van der Waals surface area (Å²) in [6, 6.07) is 0. The van der Waals surface area contributed by atoms with Crippen LogP contribution in [0.25, 0.3) is 0 Å². The summed E-state index contributed by atoms with van der Waals surface area (Å²) in [7, 11) is 0. The predicted molar refractivity (Wildman–Crippen MR) is 81.4 cm³/mol. The molecule has 1 nitrogen and oxygen atoms in total. The van der Waals surface area contributed by atoms with E-state index < -0.39 is 0 Å². The molecule has 0 bridgehead atoms. The molecule has 4 aliphatic rings. The molecule has 4 fully saturated rings. The molecule has 112 valence electrons. The largest absolute Gasteiger partial charge is 0.299 e. The lowest BCUT2D eigenvalue weighted by Crippen LogP contribution is -2.52. The third-order valence-electron chi connectivity index (χ3n) is 8.29. The number of hydrogen-bond acceptors (Lipinski definition) is 1. The Labute approximate surface area is 123 Å². The zero-order valence-electron chi connectivity index (χ0n) is 13.3. The molecule has 0 radical (unpaired) electrons. The highest BCUT2D eigenvalue weighted by atomic mass is 16.1. The number of hydrogen-bond donors (Lipinski definition) is 0. The molecule has 6 atom stereocenters. The Morgan fingerprint density at radius 1 is 0.900 bits per heavy atom. The number of ketones is 1. The van der Waals surface area contributed by atoms with Crippen molar-refractivity contribution >= 4 is 5.78 Å². The van der Waals surface area contributed by atoms with E-state index in [0.717, 1.165) is 30.1 Å². The molecule has 0 amide bonds. The predicted octanol–water partition coefficient (Wildman–Crippen LogP) is 4.99. The summed E-state index contributed by atoms with van der Waals surface area (Å²) in [5.41, 5.74) is 0.688. The van der Waals surface area contributed by atoms with Crippen LogP contribution in [0.1, 0.15) is 78.1 Å². The smallest absolute Gasteiger partial charge is 0.139 e. The lowest BCUT2D eigenvalue weighted by molar-refractivity contribution is -0.138. The van der Waals surface area contributed by atoms with E-state index in [-0.39, 0.29) is 5.41 Å². The zero-order chi connectivity index (χ0) is 14.0. The van der Waals surface area contributed by atoms with Gasteiger partial charge in [0.25, 0.3) is 0 Å².